The molecule has 0 N–H and O–H groups in total. The average Bonchev–Trinajstić information content (AvgIpc) is 2.26. The number of fused-ring (bicyclic) bond motifs is 1. The van der Waals surface area contributed by atoms with Gasteiger partial charge in [-0.15, -0.1) is 11.8 Å². The molecule has 0 bridgehead atoms. The molecule has 2 rings (SSSR count). The van der Waals surface area contributed by atoms with Gasteiger partial charge in [0.05, 0.1) is 0 Å². The Kier molecular flexibility index (Phi) is 2.90. The first-order chi connectivity index (χ1) is 6.92. The number of benzene rings is 2. The number of hydrogen-bond donors (Lipinski definition) is 0. The summed E-state index contributed by atoms with van der Waals surface area (Å²) in [6.45, 7) is 5.37. The Labute approximate surface area is 88.6 Å². The third-order valence-corrected chi connectivity index (χ3v) is 3.11. The van der Waals surface area contributed by atoms with Gasteiger partial charge in [0, 0.05) is 10.6 Å². The van der Waals surface area contributed by atoms with Crippen molar-refractivity contribution >= 4 is 22.5 Å². The van der Waals surface area contributed by atoms with Gasteiger partial charge in [-0.1, -0.05) is 49.1 Å². The molecule has 69 valence electrons. The number of rotatable bonds is 3. The van der Waals surface area contributed by atoms with Crippen molar-refractivity contribution in [3.05, 3.63) is 55.1 Å². The van der Waals surface area contributed by atoms with E-state index in [9.17, 15) is 0 Å². The summed E-state index contributed by atoms with van der Waals surface area (Å²) in [7, 11) is 0. The quantitative estimate of drug-likeness (QED) is 0.675. The minimum absolute atomic E-state index is 0.855. The Morgan fingerprint density at radius 2 is 1.86 bits per heavy atom. The van der Waals surface area contributed by atoms with E-state index in [0.29, 0.717) is 0 Å². The molecule has 0 aliphatic rings. The van der Waals surface area contributed by atoms with Crippen molar-refractivity contribution in [2.24, 2.45) is 0 Å². The third-order valence-electron chi connectivity index (χ3n) is 2.08. The molecular formula is C13H11S. The Morgan fingerprint density at radius 3 is 2.71 bits per heavy atom. The lowest BCUT2D eigenvalue weighted by Crippen LogP contribution is -1.77. The summed E-state index contributed by atoms with van der Waals surface area (Å²) in [6.07, 6.45) is 1.69. The zero-order valence-corrected chi connectivity index (χ0v) is 8.63. The molecule has 0 atom stereocenters. The highest BCUT2D eigenvalue weighted by Gasteiger charge is 1.98. The normalized spacial score (nSPS) is 10.3. The molecule has 0 aliphatic carbocycles. The average molecular weight is 199 g/mol. The molecule has 2 aromatic rings. The van der Waals surface area contributed by atoms with E-state index in [2.05, 4.69) is 42.5 Å². The zero-order chi connectivity index (χ0) is 9.80. The summed E-state index contributed by atoms with van der Waals surface area (Å²) in [6, 6.07) is 14.8. The van der Waals surface area contributed by atoms with Crippen LogP contribution in [0.5, 0.6) is 0 Å². The Hall–Kier alpha value is -1.21. The van der Waals surface area contributed by atoms with Crippen LogP contribution in [0.2, 0.25) is 0 Å². The van der Waals surface area contributed by atoms with Crippen molar-refractivity contribution in [2.75, 3.05) is 5.75 Å². The molecule has 2 aromatic carbocycles. The highest BCUT2D eigenvalue weighted by Crippen LogP contribution is 2.27. The van der Waals surface area contributed by atoms with Gasteiger partial charge >= 0.3 is 0 Å². The van der Waals surface area contributed by atoms with Crippen molar-refractivity contribution in [1.29, 1.82) is 0 Å². The molecule has 0 amide bonds. The van der Waals surface area contributed by atoms with E-state index in [0.717, 1.165) is 5.75 Å². The molecule has 0 unspecified atom stereocenters. The van der Waals surface area contributed by atoms with Crippen molar-refractivity contribution in [1.82, 2.24) is 0 Å². The first-order valence-electron chi connectivity index (χ1n) is 4.56. The number of thioether (sulfide) groups is 1. The highest BCUT2D eigenvalue weighted by atomic mass is 32.2. The second kappa shape index (κ2) is 4.34. The van der Waals surface area contributed by atoms with E-state index in [1.165, 1.54) is 15.7 Å². The maximum Gasteiger partial charge on any atom is 0.0164 e. The Morgan fingerprint density at radius 1 is 1.07 bits per heavy atom. The van der Waals surface area contributed by atoms with E-state index >= 15 is 0 Å². The molecule has 0 spiro atoms. The summed E-state index contributed by atoms with van der Waals surface area (Å²) in [5.74, 6) is 0.855. The van der Waals surface area contributed by atoms with Crippen LogP contribution < -0.4 is 0 Å². The van der Waals surface area contributed by atoms with Crippen LogP contribution in [0.1, 0.15) is 0 Å². The van der Waals surface area contributed by atoms with Crippen LogP contribution >= 0.6 is 11.8 Å². The van der Waals surface area contributed by atoms with E-state index in [-0.39, 0.29) is 0 Å². The third kappa shape index (κ3) is 1.83. The van der Waals surface area contributed by atoms with Crippen LogP contribution in [0.25, 0.3) is 10.8 Å². The van der Waals surface area contributed by atoms with Gasteiger partial charge in [0.1, 0.15) is 0 Å². The maximum absolute atomic E-state index is 5.37. The zero-order valence-electron chi connectivity index (χ0n) is 7.81. The SMILES string of the molecule is [CH]=CCSc1cccc2ccccc12. The summed E-state index contributed by atoms with van der Waals surface area (Å²) in [4.78, 5) is 1.30. The van der Waals surface area contributed by atoms with Gasteiger partial charge in [-0.05, 0) is 16.8 Å². The molecule has 14 heavy (non-hydrogen) atoms. The van der Waals surface area contributed by atoms with Crippen LogP contribution in [0.3, 0.4) is 0 Å². The van der Waals surface area contributed by atoms with Gasteiger partial charge in [0.2, 0.25) is 0 Å². The van der Waals surface area contributed by atoms with Crippen LogP contribution in [0.4, 0.5) is 0 Å². The van der Waals surface area contributed by atoms with Gasteiger partial charge in [-0.25, -0.2) is 0 Å². The minimum Gasteiger partial charge on any atom is -0.121 e. The first kappa shape index (κ1) is 9.35. The van der Waals surface area contributed by atoms with Gasteiger partial charge in [-0.3, -0.25) is 0 Å². The van der Waals surface area contributed by atoms with Crippen LogP contribution in [0.15, 0.2) is 53.4 Å². The predicted octanol–water partition coefficient (Wildman–Crippen LogP) is 3.92. The van der Waals surface area contributed by atoms with Crippen molar-refractivity contribution < 1.29 is 0 Å². The molecule has 0 fully saturated rings. The van der Waals surface area contributed by atoms with E-state index in [4.69, 9.17) is 6.58 Å². The van der Waals surface area contributed by atoms with Crippen molar-refractivity contribution in [2.45, 2.75) is 4.90 Å². The van der Waals surface area contributed by atoms with Gasteiger partial charge in [0.15, 0.2) is 0 Å². The lowest BCUT2D eigenvalue weighted by molar-refractivity contribution is 1.54. The summed E-state index contributed by atoms with van der Waals surface area (Å²) in [5, 5.41) is 2.59. The summed E-state index contributed by atoms with van der Waals surface area (Å²) >= 11 is 1.77. The monoisotopic (exact) mass is 199 g/mol. The Bertz CT molecular complexity index is 440. The smallest absolute Gasteiger partial charge is 0.0164 e. The Balaban J connectivity index is 2.48. The summed E-state index contributed by atoms with van der Waals surface area (Å²) in [5.41, 5.74) is 0. The molecule has 0 heterocycles. The lowest BCUT2D eigenvalue weighted by atomic mass is 10.1. The standard InChI is InChI=1S/C13H11S/c1-2-10-14-13-9-5-7-11-6-3-4-8-12(11)13/h1-9H,10H2. The fourth-order valence-corrected chi connectivity index (χ4v) is 2.25. The van der Waals surface area contributed by atoms with Gasteiger partial charge in [-0.2, -0.15) is 0 Å². The number of hydrogen-bond acceptors (Lipinski definition) is 1. The maximum atomic E-state index is 5.37. The van der Waals surface area contributed by atoms with Crippen molar-refractivity contribution in [3.8, 4) is 0 Å². The molecule has 1 radical (unpaired) electrons. The fraction of sp³-hybridized carbons (Fsp3) is 0.0769. The van der Waals surface area contributed by atoms with Gasteiger partial charge < -0.3 is 0 Å². The molecule has 0 saturated heterocycles. The molecule has 1 heteroatoms. The second-order valence-corrected chi connectivity index (χ2v) is 4.09. The minimum atomic E-state index is 0.855. The molecule has 0 saturated carbocycles. The molecule has 0 aliphatic heterocycles. The van der Waals surface area contributed by atoms with E-state index < -0.39 is 0 Å². The van der Waals surface area contributed by atoms with Crippen LogP contribution in [-0.4, -0.2) is 5.75 Å². The summed E-state index contributed by atoms with van der Waals surface area (Å²) < 4.78 is 0. The van der Waals surface area contributed by atoms with Gasteiger partial charge in [0.25, 0.3) is 0 Å². The van der Waals surface area contributed by atoms with E-state index in [1.54, 1.807) is 17.8 Å². The molecular weight excluding hydrogens is 188 g/mol. The van der Waals surface area contributed by atoms with Crippen LogP contribution in [-0.2, 0) is 0 Å². The van der Waals surface area contributed by atoms with Crippen LogP contribution in [0, 0.1) is 6.58 Å². The van der Waals surface area contributed by atoms with Crippen molar-refractivity contribution in [3.63, 3.8) is 0 Å². The van der Waals surface area contributed by atoms with E-state index in [1.807, 2.05) is 0 Å². The predicted molar refractivity (Wildman–Crippen MR) is 63.5 cm³/mol. The second-order valence-electron chi connectivity index (χ2n) is 3.02. The molecule has 0 nitrogen and oxygen atoms in total. The lowest BCUT2D eigenvalue weighted by Gasteiger charge is -2.03. The largest absolute Gasteiger partial charge is 0.121 e. The topological polar surface area (TPSA) is 0 Å². The first-order valence-corrected chi connectivity index (χ1v) is 5.54. The highest BCUT2D eigenvalue weighted by molar-refractivity contribution is 7.99. The fourth-order valence-electron chi connectivity index (χ4n) is 1.46. The molecule has 0 aromatic heterocycles.